The Kier molecular flexibility index (Phi) is 18.0. The van der Waals surface area contributed by atoms with Gasteiger partial charge in [0.2, 0.25) is 41.4 Å². The molecule has 0 saturated heterocycles. The average molecular weight is 761 g/mol. The first-order valence-electron chi connectivity index (χ1n) is 18.1. The molecule has 18 heteroatoms. The van der Waals surface area contributed by atoms with Crippen LogP contribution in [0.4, 0.5) is 0 Å². The number of aliphatic carboxylic acids is 1. The van der Waals surface area contributed by atoms with Crippen LogP contribution in [-0.4, -0.2) is 111 Å². The number of amides is 7. The topological polar surface area (TPSA) is 306 Å². The number of carboxylic acid groups (broad SMARTS) is 1. The third-order valence-electron chi connectivity index (χ3n) is 9.05. The highest BCUT2D eigenvalue weighted by Gasteiger charge is 2.42. The van der Waals surface area contributed by atoms with Crippen molar-refractivity contribution in [2.45, 2.75) is 134 Å². The summed E-state index contributed by atoms with van der Waals surface area (Å²) in [5.74, 6) is -7.53. The van der Waals surface area contributed by atoms with Crippen LogP contribution in [0, 0.1) is 5.92 Å². The third kappa shape index (κ3) is 14.4. The maximum absolute atomic E-state index is 14.4. The van der Waals surface area contributed by atoms with E-state index in [9.17, 15) is 48.6 Å². The van der Waals surface area contributed by atoms with E-state index in [-0.39, 0.29) is 18.8 Å². The lowest BCUT2D eigenvalue weighted by molar-refractivity contribution is -0.150. The lowest BCUT2D eigenvalue weighted by atomic mass is 9.90. The minimum atomic E-state index is -1.66. The smallest absolute Gasteiger partial charge is 0.326 e. The van der Waals surface area contributed by atoms with Gasteiger partial charge in [-0.15, -0.1) is 0 Å². The number of carbonyl (C=O) groups is 8. The van der Waals surface area contributed by atoms with Gasteiger partial charge in [0, 0.05) is 12.5 Å². The number of primary amides is 2. The molecular weight excluding hydrogens is 704 g/mol. The zero-order valence-corrected chi connectivity index (χ0v) is 31.3. The molecule has 2 rings (SSSR count). The van der Waals surface area contributed by atoms with E-state index in [4.69, 9.17) is 17.2 Å². The van der Waals surface area contributed by atoms with Crippen molar-refractivity contribution in [3.8, 4) is 0 Å². The second-order valence-electron chi connectivity index (χ2n) is 14.2. The van der Waals surface area contributed by atoms with Gasteiger partial charge in [0.15, 0.2) is 0 Å². The summed E-state index contributed by atoms with van der Waals surface area (Å²) in [7, 11) is 0. The van der Waals surface area contributed by atoms with Crippen LogP contribution in [0.1, 0.15) is 84.6 Å². The van der Waals surface area contributed by atoms with E-state index in [1.54, 1.807) is 30.3 Å². The van der Waals surface area contributed by atoms with Crippen LogP contribution in [0.5, 0.6) is 0 Å². The first kappa shape index (κ1) is 45.1. The minimum absolute atomic E-state index is 0.0719. The molecule has 0 aromatic heterocycles. The second-order valence-corrected chi connectivity index (χ2v) is 14.2. The number of nitrogens with two attached hydrogens (primary N) is 3. The van der Waals surface area contributed by atoms with E-state index >= 15 is 0 Å². The van der Waals surface area contributed by atoms with Crippen LogP contribution in [0.2, 0.25) is 0 Å². The summed E-state index contributed by atoms with van der Waals surface area (Å²) >= 11 is 0. The Morgan fingerprint density at radius 3 is 1.85 bits per heavy atom. The first-order chi connectivity index (χ1) is 25.3. The van der Waals surface area contributed by atoms with Crippen molar-refractivity contribution in [1.29, 1.82) is 0 Å². The number of nitrogens with one attached hydrogen (secondary N) is 4. The number of benzene rings is 1. The van der Waals surface area contributed by atoms with Crippen LogP contribution < -0.4 is 38.5 Å². The molecule has 18 nitrogen and oxygen atoms in total. The highest BCUT2D eigenvalue weighted by atomic mass is 16.4. The van der Waals surface area contributed by atoms with E-state index in [0.717, 1.165) is 19.3 Å². The molecule has 0 bridgehead atoms. The second kappa shape index (κ2) is 21.6. The maximum Gasteiger partial charge on any atom is 0.326 e. The molecule has 1 fully saturated rings. The van der Waals surface area contributed by atoms with E-state index < -0.39 is 109 Å². The molecule has 12 N–H and O–H groups in total. The molecule has 7 amide bonds. The Bertz CT molecular complexity index is 1480. The quantitative estimate of drug-likeness (QED) is 0.0681. The van der Waals surface area contributed by atoms with Crippen LogP contribution in [-0.2, 0) is 44.8 Å². The minimum Gasteiger partial charge on any atom is -0.480 e. The molecule has 1 aliphatic carbocycles. The van der Waals surface area contributed by atoms with Gasteiger partial charge < -0.3 is 53.6 Å². The van der Waals surface area contributed by atoms with Crippen molar-refractivity contribution in [2.24, 2.45) is 23.1 Å². The zero-order chi connectivity index (χ0) is 40.7. The summed E-state index contributed by atoms with van der Waals surface area (Å²) in [6, 6.07) is -0.274. The molecule has 54 heavy (non-hydrogen) atoms. The van der Waals surface area contributed by atoms with Crippen molar-refractivity contribution < 1.29 is 48.6 Å². The molecule has 1 aromatic carbocycles. The van der Waals surface area contributed by atoms with Crippen LogP contribution in [0.15, 0.2) is 30.3 Å². The molecule has 1 aliphatic rings. The monoisotopic (exact) mass is 760 g/mol. The average Bonchev–Trinajstić information content (AvgIpc) is 3.09. The van der Waals surface area contributed by atoms with Gasteiger partial charge in [0.1, 0.15) is 30.2 Å². The predicted molar refractivity (Wildman–Crippen MR) is 195 cm³/mol. The predicted octanol–water partition coefficient (Wildman–Crippen LogP) is -1.69. The molecule has 0 heterocycles. The molecule has 0 radical (unpaired) electrons. The van der Waals surface area contributed by atoms with Crippen molar-refractivity contribution >= 4 is 47.3 Å². The van der Waals surface area contributed by atoms with Gasteiger partial charge in [-0.25, -0.2) is 4.79 Å². The Morgan fingerprint density at radius 1 is 0.759 bits per heavy atom. The van der Waals surface area contributed by atoms with Crippen molar-refractivity contribution in [3.05, 3.63) is 35.9 Å². The number of hydrogen-bond donors (Lipinski definition) is 9. The van der Waals surface area contributed by atoms with Gasteiger partial charge in [0.25, 0.3) is 0 Å². The molecule has 0 unspecified atom stereocenters. The Balaban J connectivity index is 2.41. The number of hydrogen-bond acceptors (Lipinski definition) is 10. The lowest BCUT2D eigenvalue weighted by Gasteiger charge is -2.42. The van der Waals surface area contributed by atoms with Crippen molar-refractivity contribution in [1.82, 2.24) is 26.2 Å². The van der Waals surface area contributed by atoms with E-state index in [1.165, 1.54) is 18.7 Å². The van der Waals surface area contributed by atoms with Gasteiger partial charge >= 0.3 is 5.97 Å². The fourth-order valence-corrected chi connectivity index (χ4v) is 6.26. The number of carboxylic acids is 1. The van der Waals surface area contributed by atoms with Gasteiger partial charge in [-0.1, -0.05) is 63.4 Å². The van der Waals surface area contributed by atoms with Crippen molar-refractivity contribution in [2.75, 3.05) is 0 Å². The molecule has 1 aromatic rings. The zero-order valence-electron chi connectivity index (χ0n) is 31.3. The van der Waals surface area contributed by atoms with Gasteiger partial charge in [0.05, 0.1) is 25.0 Å². The van der Waals surface area contributed by atoms with Crippen molar-refractivity contribution in [3.63, 3.8) is 0 Å². The summed E-state index contributed by atoms with van der Waals surface area (Å²) in [6.07, 6.45) is 0.933. The molecule has 7 atom stereocenters. The largest absolute Gasteiger partial charge is 0.480 e. The Morgan fingerprint density at radius 2 is 1.33 bits per heavy atom. The molecule has 0 aliphatic heterocycles. The van der Waals surface area contributed by atoms with Gasteiger partial charge in [-0.2, -0.15) is 0 Å². The first-order valence-corrected chi connectivity index (χ1v) is 18.1. The Labute approximate surface area is 314 Å². The summed E-state index contributed by atoms with van der Waals surface area (Å²) < 4.78 is 0. The number of nitrogens with zero attached hydrogens (tertiary/aromatic N) is 1. The lowest BCUT2D eigenvalue weighted by Crippen LogP contribution is -2.64. The molecule has 0 spiro atoms. The number of aliphatic hydroxyl groups excluding tert-OH is 1. The Hall–Kier alpha value is -5.10. The van der Waals surface area contributed by atoms with Gasteiger partial charge in [-0.3, -0.25) is 33.6 Å². The fourth-order valence-electron chi connectivity index (χ4n) is 6.26. The standard InChI is InChI=1S/C36H56N8O10/c1-19(2)15-27(44(23-13-9-6-10-14-23)35(52)30(21(4)45)43-32(49)24(37)17-28(38)46)34(51)40-20(3)31(48)41-25(16-22-11-7-5-8-12-22)33(50)42-26(36(53)54)18-29(39)47/h5,7-8,11-12,19-21,23-27,30,45H,6,9-10,13-18,37H2,1-4H3,(H2,38,46)(H2,39,47)(H,40,51)(H,41,48)(H,42,50)(H,43,49)(H,53,54)/t20-,21+,24-,25-,26-,27-,30-/m0/s1. The number of carbonyl (C=O) groups excluding carboxylic acids is 7. The molecule has 1 saturated carbocycles. The van der Waals surface area contributed by atoms with Gasteiger partial charge in [-0.05, 0) is 44.6 Å². The number of aliphatic hydroxyl groups is 1. The summed E-state index contributed by atoms with van der Waals surface area (Å²) in [6.45, 7) is 6.34. The molecular formula is C36H56N8O10. The highest BCUT2D eigenvalue weighted by Crippen LogP contribution is 2.28. The molecule has 300 valence electrons. The maximum atomic E-state index is 14.4. The number of rotatable bonds is 21. The normalized spacial score (nSPS) is 17.0. The van der Waals surface area contributed by atoms with Crippen LogP contribution in [0.25, 0.3) is 0 Å². The third-order valence-corrected chi connectivity index (χ3v) is 9.05. The van der Waals surface area contributed by atoms with E-state index in [1.807, 2.05) is 13.8 Å². The van der Waals surface area contributed by atoms with E-state index in [2.05, 4.69) is 21.3 Å². The highest BCUT2D eigenvalue weighted by molar-refractivity contribution is 5.97. The summed E-state index contributed by atoms with van der Waals surface area (Å²) in [5.41, 5.74) is 16.8. The van der Waals surface area contributed by atoms with Crippen LogP contribution >= 0.6 is 0 Å². The van der Waals surface area contributed by atoms with E-state index in [0.29, 0.717) is 18.4 Å². The van der Waals surface area contributed by atoms with Crippen LogP contribution in [0.3, 0.4) is 0 Å². The fraction of sp³-hybridized carbons (Fsp3) is 0.611. The SMILES string of the molecule is CC(C)C[C@@H](C(=O)N[C@@H](C)C(=O)N[C@@H](Cc1ccccc1)C(=O)N[C@@H](CC(N)=O)C(=O)O)N(C(=O)[C@@H](NC(=O)[C@@H](N)CC(N)=O)[C@@H](C)O)C1CCCCC1. The summed E-state index contributed by atoms with van der Waals surface area (Å²) in [5, 5.41) is 30.1. The summed E-state index contributed by atoms with van der Waals surface area (Å²) in [4.78, 5) is 104.